The number of nitrogens with one attached hydrogen (secondary N) is 2. The fraction of sp³-hybridized carbons (Fsp3) is 0.500. The maximum absolute atomic E-state index is 4.60. The topological polar surface area (TPSA) is 40.7 Å². The van der Waals surface area contributed by atoms with Crippen molar-refractivity contribution in [2.45, 2.75) is 38.6 Å². The fourth-order valence-corrected chi connectivity index (χ4v) is 2.51. The smallest absolute Gasteiger partial charge is 0.109 e. The molecule has 2 heterocycles. The van der Waals surface area contributed by atoms with Gasteiger partial charge in [0.2, 0.25) is 0 Å². The predicted octanol–water partition coefficient (Wildman–Crippen LogP) is 3.11. The highest BCUT2D eigenvalue weighted by Crippen LogP contribution is 2.26. The lowest BCUT2D eigenvalue weighted by molar-refractivity contribution is 0.648. The minimum atomic E-state index is 0.454. The van der Waals surface area contributed by atoms with E-state index >= 15 is 0 Å². The van der Waals surface area contributed by atoms with Gasteiger partial charge in [-0.05, 0) is 37.1 Å². The van der Waals surface area contributed by atoms with E-state index in [4.69, 9.17) is 0 Å². The average Bonchev–Trinajstić information content (AvgIpc) is 2.97. The summed E-state index contributed by atoms with van der Waals surface area (Å²) in [7, 11) is 0. The molecule has 1 saturated heterocycles. The molecule has 1 aromatic heterocycles. The van der Waals surface area contributed by atoms with Crippen LogP contribution in [0, 0.1) is 0 Å². The first-order chi connectivity index (χ1) is 8.24. The van der Waals surface area contributed by atoms with Gasteiger partial charge in [-0.3, -0.25) is 0 Å². The number of nitrogens with zero attached hydrogens (tertiary/aromatic N) is 1. The summed E-state index contributed by atoms with van der Waals surface area (Å²) in [6.07, 6.45) is 2.53. The van der Waals surface area contributed by atoms with Gasteiger partial charge < -0.3 is 10.3 Å². The van der Waals surface area contributed by atoms with E-state index in [2.05, 4.69) is 47.3 Å². The maximum atomic E-state index is 4.60. The first-order valence-corrected chi connectivity index (χ1v) is 6.47. The molecule has 1 atom stereocenters. The van der Waals surface area contributed by atoms with Crippen molar-refractivity contribution in [2.75, 3.05) is 6.54 Å². The van der Waals surface area contributed by atoms with Crippen LogP contribution < -0.4 is 5.32 Å². The van der Waals surface area contributed by atoms with E-state index in [1.807, 2.05) is 0 Å². The van der Waals surface area contributed by atoms with E-state index in [1.165, 1.54) is 23.9 Å². The van der Waals surface area contributed by atoms with E-state index in [-0.39, 0.29) is 0 Å². The zero-order chi connectivity index (χ0) is 11.8. The Balaban J connectivity index is 2.00. The van der Waals surface area contributed by atoms with Crippen LogP contribution in [0.15, 0.2) is 18.2 Å². The van der Waals surface area contributed by atoms with Crippen molar-refractivity contribution in [2.24, 2.45) is 0 Å². The second-order valence-corrected chi connectivity index (χ2v) is 5.20. The van der Waals surface area contributed by atoms with E-state index in [9.17, 15) is 0 Å². The monoisotopic (exact) mass is 229 g/mol. The number of rotatable bonds is 2. The molecular weight excluding hydrogens is 210 g/mol. The number of benzene rings is 1. The van der Waals surface area contributed by atoms with Crippen LogP contribution in [0.5, 0.6) is 0 Å². The molecule has 1 aromatic carbocycles. The number of fused-ring (bicyclic) bond motifs is 1. The van der Waals surface area contributed by atoms with Crippen LogP contribution in [0.25, 0.3) is 11.0 Å². The molecule has 1 fully saturated rings. The highest BCUT2D eigenvalue weighted by atomic mass is 14.9. The second-order valence-electron chi connectivity index (χ2n) is 5.20. The molecule has 90 valence electrons. The van der Waals surface area contributed by atoms with Crippen molar-refractivity contribution < 1.29 is 0 Å². The zero-order valence-corrected chi connectivity index (χ0v) is 10.5. The van der Waals surface area contributed by atoms with Crippen molar-refractivity contribution in [1.29, 1.82) is 0 Å². The molecular formula is C14H19N3. The lowest BCUT2D eigenvalue weighted by Crippen LogP contribution is -2.12. The largest absolute Gasteiger partial charge is 0.342 e. The number of aromatic nitrogens is 2. The molecule has 3 heteroatoms. The third kappa shape index (κ3) is 1.95. The minimum absolute atomic E-state index is 0.454. The summed E-state index contributed by atoms with van der Waals surface area (Å²) < 4.78 is 0. The lowest BCUT2D eigenvalue weighted by atomic mass is 10.1. The number of aromatic amines is 1. The summed E-state index contributed by atoms with van der Waals surface area (Å²) in [5.74, 6) is 1.53. The van der Waals surface area contributed by atoms with E-state index in [0.717, 1.165) is 17.9 Å². The first kappa shape index (κ1) is 10.8. The van der Waals surface area contributed by atoms with Crippen LogP contribution in [0.3, 0.4) is 0 Å². The Morgan fingerprint density at radius 1 is 1.35 bits per heavy atom. The van der Waals surface area contributed by atoms with Crippen molar-refractivity contribution >= 4 is 11.0 Å². The number of H-pyrrole nitrogens is 1. The molecule has 17 heavy (non-hydrogen) atoms. The van der Waals surface area contributed by atoms with Crippen molar-refractivity contribution in [1.82, 2.24) is 15.3 Å². The lowest BCUT2D eigenvalue weighted by Gasteiger charge is -2.09. The standard InChI is InChI=1S/C14H19N3/c1-9(2)14-16-12-6-5-10(8-13(12)17-14)11-4-3-7-15-11/h5-6,8-9,11,15H,3-4,7H2,1-2H3,(H,16,17). The molecule has 0 saturated carbocycles. The highest BCUT2D eigenvalue weighted by Gasteiger charge is 2.17. The molecule has 3 nitrogen and oxygen atoms in total. The quantitative estimate of drug-likeness (QED) is 0.830. The van der Waals surface area contributed by atoms with Gasteiger partial charge in [-0.2, -0.15) is 0 Å². The van der Waals surface area contributed by atoms with Gasteiger partial charge in [-0.1, -0.05) is 19.9 Å². The molecule has 0 aliphatic carbocycles. The molecule has 0 radical (unpaired) electrons. The van der Waals surface area contributed by atoms with Gasteiger partial charge >= 0.3 is 0 Å². The summed E-state index contributed by atoms with van der Waals surface area (Å²) in [5, 5.41) is 3.53. The summed E-state index contributed by atoms with van der Waals surface area (Å²) in [5.41, 5.74) is 3.63. The van der Waals surface area contributed by atoms with Crippen molar-refractivity contribution in [3.05, 3.63) is 29.6 Å². The predicted molar refractivity (Wildman–Crippen MR) is 70.2 cm³/mol. The molecule has 2 aromatic rings. The molecule has 0 bridgehead atoms. The second kappa shape index (κ2) is 4.15. The van der Waals surface area contributed by atoms with Gasteiger partial charge in [-0.15, -0.1) is 0 Å². The van der Waals surface area contributed by atoms with E-state index < -0.39 is 0 Å². The van der Waals surface area contributed by atoms with E-state index in [1.54, 1.807) is 0 Å². The highest BCUT2D eigenvalue weighted by molar-refractivity contribution is 5.76. The molecule has 1 aliphatic heterocycles. The SMILES string of the molecule is CC(C)c1nc2ccc(C3CCCN3)cc2[nH]1. The third-order valence-corrected chi connectivity index (χ3v) is 3.53. The molecule has 3 rings (SSSR count). The summed E-state index contributed by atoms with van der Waals surface area (Å²) >= 11 is 0. The van der Waals surface area contributed by atoms with Crippen molar-refractivity contribution in [3.63, 3.8) is 0 Å². The van der Waals surface area contributed by atoms with Crippen LogP contribution in [-0.4, -0.2) is 16.5 Å². The van der Waals surface area contributed by atoms with Gasteiger partial charge in [0, 0.05) is 12.0 Å². The Morgan fingerprint density at radius 3 is 2.94 bits per heavy atom. The van der Waals surface area contributed by atoms with Crippen molar-refractivity contribution in [3.8, 4) is 0 Å². The van der Waals surface area contributed by atoms with Crippen LogP contribution in [0.2, 0.25) is 0 Å². The minimum Gasteiger partial charge on any atom is -0.342 e. The molecule has 1 aliphatic rings. The van der Waals surface area contributed by atoms with Crippen LogP contribution in [-0.2, 0) is 0 Å². The molecule has 0 spiro atoms. The third-order valence-electron chi connectivity index (χ3n) is 3.53. The van der Waals surface area contributed by atoms with Crippen LogP contribution in [0.4, 0.5) is 0 Å². The number of hydrogen-bond acceptors (Lipinski definition) is 2. The Bertz CT molecular complexity index is 521. The van der Waals surface area contributed by atoms with Gasteiger partial charge in [0.1, 0.15) is 5.82 Å². The maximum Gasteiger partial charge on any atom is 0.109 e. The van der Waals surface area contributed by atoms with Gasteiger partial charge in [0.25, 0.3) is 0 Å². The van der Waals surface area contributed by atoms with E-state index in [0.29, 0.717) is 12.0 Å². The Hall–Kier alpha value is -1.35. The molecule has 0 amide bonds. The summed E-state index contributed by atoms with van der Waals surface area (Å²) in [6, 6.07) is 7.12. The van der Waals surface area contributed by atoms with Gasteiger partial charge in [0.05, 0.1) is 11.0 Å². The fourth-order valence-electron chi connectivity index (χ4n) is 2.51. The Labute approximate surface area is 102 Å². The zero-order valence-electron chi connectivity index (χ0n) is 10.5. The Morgan fingerprint density at radius 2 is 2.24 bits per heavy atom. The molecule has 2 N–H and O–H groups in total. The average molecular weight is 229 g/mol. The number of imidazole rings is 1. The van der Waals surface area contributed by atoms with Crippen LogP contribution >= 0.6 is 0 Å². The number of hydrogen-bond donors (Lipinski definition) is 2. The van der Waals surface area contributed by atoms with Gasteiger partial charge in [0.15, 0.2) is 0 Å². The molecule has 1 unspecified atom stereocenters. The first-order valence-electron chi connectivity index (χ1n) is 6.47. The summed E-state index contributed by atoms with van der Waals surface area (Å²) in [6.45, 7) is 5.47. The van der Waals surface area contributed by atoms with Crippen LogP contribution in [0.1, 0.15) is 50.0 Å². The normalized spacial score (nSPS) is 20.5. The van der Waals surface area contributed by atoms with Gasteiger partial charge in [-0.25, -0.2) is 4.98 Å². The summed E-state index contributed by atoms with van der Waals surface area (Å²) in [4.78, 5) is 8.02. The Kier molecular flexibility index (Phi) is 2.63.